The van der Waals surface area contributed by atoms with E-state index in [0.717, 1.165) is 0 Å². The van der Waals surface area contributed by atoms with Gasteiger partial charge in [0.1, 0.15) is 0 Å². The molecule has 0 aromatic rings. The summed E-state index contributed by atoms with van der Waals surface area (Å²) in [5.41, 5.74) is 5.27. The number of nitrogens with two attached hydrogens (primary N) is 1. The van der Waals surface area contributed by atoms with Gasteiger partial charge in [-0.3, -0.25) is 0 Å². The molecule has 5 heteroatoms. The van der Waals surface area contributed by atoms with Crippen LogP contribution in [0.25, 0.3) is 0 Å². The summed E-state index contributed by atoms with van der Waals surface area (Å²) >= 11 is -0.0341. The Morgan fingerprint density at radius 3 is 2.60 bits per heavy atom. The Balaban J connectivity index is 3.81. The Bertz CT molecular complexity index is 119. The van der Waals surface area contributed by atoms with Crippen LogP contribution in [-0.4, -0.2) is 44.2 Å². The van der Waals surface area contributed by atoms with E-state index in [1.54, 1.807) is 5.82 Å². The van der Waals surface area contributed by atoms with Gasteiger partial charge >= 0.3 is 65.3 Å². The molecule has 0 spiro atoms. The molecule has 2 atom stereocenters. The van der Waals surface area contributed by atoms with E-state index in [2.05, 4.69) is 4.74 Å². The van der Waals surface area contributed by atoms with E-state index in [0.29, 0.717) is 0 Å². The van der Waals surface area contributed by atoms with Crippen LogP contribution in [0.5, 0.6) is 0 Å². The van der Waals surface area contributed by atoms with Crippen molar-refractivity contribution in [2.24, 2.45) is 5.73 Å². The summed E-state index contributed by atoms with van der Waals surface area (Å²) in [5, 5.41) is 8.29. The topological polar surface area (TPSA) is 72.5 Å². The van der Waals surface area contributed by atoms with Crippen LogP contribution in [0, 0.1) is 0 Å². The zero-order chi connectivity index (χ0) is 8.15. The number of rotatable bonds is 3. The second kappa shape index (κ2) is 4.68. The van der Waals surface area contributed by atoms with Gasteiger partial charge in [0.25, 0.3) is 0 Å². The van der Waals surface area contributed by atoms with Crippen LogP contribution in [-0.2, 0) is 9.53 Å². The Morgan fingerprint density at radius 1 is 1.80 bits per heavy atom. The fraction of sp³-hybridized carbons (Fsp3) is 0.800. The van der Waals surface area contributed by atoms with Crippen LogP contribution in [0.2, 0.25) is 5.82 Å². The summed E-state index contributed by atoms with van der Waals surface area (Å²) in [6.07, 6.45) is 0. The normalized spacial score (nSPS) is 16.0. The molecule has 3 N–H and O–H groups in total. The monoisotopic (exact) mass is 213 g/mol. The second-order valence-corrected chi connectivity index (χ2v) is 3.68. The molecule has 0 amide bonds. The van der Waals surface area contributed by atoms with Gasteiger partial charge in [0.15, 0.2) is 0 Å². The molecule has 0 aliphatic carbocycles. The van der Waals surface area contributed by atoms with E-state index >= 15 is 0 Å². The fourth-order valence-corrected chi connectivity index (χ4v) is 1.25. The van der Waals surface area contributed by atoms with E-state index in [-0.39, 0.29) is 15.0 Å². The van der Waals surface area contributed by atoms with Crippen molar-refractivity contribution in [1.29, 1.82) is 0 Å². The molecule has 10 heavy (non-hydrogen) atoms. The van der Waals surface area contributed by atoms with Gasteiger partial charge in [-0.1, -0.05) is 0 Å². The summed E-state index contributed by atoms with van der Waals surface area (Å²) in [7, 11) is 1.25. The molecule has 0 aliphatic rings. The van der Waals surface area contributed by atoms with Gasteiger partial charge in [-0.2, -0.15) is 0 Å². The van der Waals surface area contributed by atoms with Gasteiger partial charge in [-0.05, 0) is 0 Å². The molecule has 0 saturated heterocycles. The number of ether oxygens (including phenoxy) is 1. The summed E-state index contributed by atoms with van der Waals surface area (Å²) in [4.78, 5) is 10.6. The first-order valence-corrected chi connectivity index (χ1v) is 5.38. The van der Waals surface area contributed by atoms with Crippen molar-refractivity contribution in [1.82, 2.24) is 0 Å². The maximum atomic E-state index is 10.6. The molecule has 0 radical (unpaired) electrons. The van der Waals surface area contributed by atoms with Crippen LogP contribution < -0.4 is 5.73 Å². The maximum absolute atomic E-state index is 10.6. The zero-order valence-corrected chi connectivity index (χ0v) is 7.62. The van der Waals surface area contributed by atoms with Crippen LogP contribution in [0.1, 0.15) is 0 Å². The predicted molar refractivity (Wildman–Crippen MR) is 37.6 cm³/mol. The van der Waals surface area contributed by atoms with Crippen molar-refractivity contribution in [3.05, 3.63) is 0 Å². The number of carbonyl (C=O) groups excluding carboxylic acids is 1. The standard InChI is InChI=1S/C5H11NO3Se/c1-9-4(7)3(6)5(8)10-2/h3,5,8H,6H2,1-2H3/t3-,5?/m1/s1. The predicted octanol–water partition coefficient (Wildman–Crippen LogP) is -1.44. The van der Waals surface area contributed by atoms with Gasteiger partial charge < -0.3 is 0 Å². The fourth-order valence-electron chi connectivity index (χ4n) is 0.399. The van der Waals surface area contributed by atoms with Crippen molar-refractivity contribution in [2.45, 2.75) is 16.9 Å². The van der Waals surface area contributed by atoms with Crippen molar-refractivity contribution < 1.29 is 14.6 Å². The van der Waals surface area contributed by atoms with Crippen LogP contribution in [0.15, 0.2) is 0 Å². The number of aliphatic hydroxyl groups is 1. The van der Waals surface area contributed by atoms with Crippen LogP contribution in [0.3, 0.4) is 0 Å². The molecule has 0 rings (SSSR count). The van der Waals surface area contributed by atoms with Crippen LogP contribution >= 0.6 is 0 Å². The van der Waals surface area contributed by atoms with E-state index in [1.807, 2.05) is 0 Å². The van der Waals surface area contributed by atoms with Gasteiger partial charge in [0.2, 0.25) is 0 Å². The molecule has 1 unspecified atom stereocenters. The Labute approximate surface area is 65.9 Å². The number of methoxy groups -OCH3 is 1. The number of aliphatic hydroxyl groups excluding tert-OH is 1. The first kappa shape index (κ1) is 9.91. The summed E-state index contributed by atoms with van der Waals surface area (Å²) in [5.74, 6) is 1.25. The Hall–Kier alpha value is -0.0905. The minimum absolute atomic E-state index is 0.0341. The molecule has 0 fully saturated rings. The Kier molecular flexibility index (Phi) is 4.64. The molecule has 0 bridgehead atoms. The van der Waals surface area contributed by atoms with E-state index in [4.69, 9.17) is 10.8 Å². The molecule has 0 heterocycles. The van der Waals surface area contributed by atoms with E-state index < -0.39 is 17.0 Å². The molecule has 0 aliphatic heterocycles. The van der Waals surface area contributed by atoms with Crippen molar-refractivity contribution in [2.75, 3.05) is 7.11 Å². The average molecular weight is 212 g/mol. The van der Waals surface area contributed by atoms with Gasteiger partial charge in [0, 0.05) is 0 Å². The molecule has 0 saturated carbocycles. The first-order chi connectivity index (χ1) is 4.63. The second-order valence-electron chi connectivity index (χ2n) is 1.68. The van der Waals surface area contributed by atoms with Gasteiger partial charge in [-0.25, -0.2) is 0 Å². The minimum atomic E-state index is -0.880. The third kappa shape index (κ3) is 2.66. The zero-order valence-electron chi connectivity index (χ0n) is 5.90. The van der Waals surface area contributed by atoms with Crippen LogP contribution in [0.4, 0.5) is 0 Å². The number of carbonyl (C=O) groups is 1. The molecular formula is C5H11NO3Se. The van der Waals surface area contributed by atoms with Gasteiger partial charge in [0.05, 0.1) is 0 Å². The summed E-state index contributed by atoms with van der Waals surface area (Å²) in [6, 6.07) is -0.880. The summed E-state index contributed by atoms with van der Waals surface area (Å²) < 4.78 is 4.32. The quantitative estimate of drug-likeness (QED) is 0.443. The van der Waals surface area contributed by atoms with Crippen molar-refractivity contribution in [3.8, 4) is 0 Å². The SMILES string of the molecule is COC(=O)[C@@H](N)C(O)[Se]C. The number of hydrogen-bond acceptors (Lipinski definition) is 4. The summed E-state index contributed by atoms with van der Waals surface area (Å²) in [6.45, 7) is 0. The third-order valence-electron chi connectivity index (χ3n) is 1.02. The first-order valence-electron chi connectivity index (χ1n) is 2.67. The van der Waals surface area contributed by atoms with E-state index in [1.165, 1.54) is 7.11 Å². The van der Waals surface area contributed by atoms with Crippen molar-refractivity contribution in [3.63, 3.8) is 0 Å². The molecule has 0 aromatic heterocycles. The molecule has 60 valence electrons. The van der Waals surface area contributed by atoms with Gasteiger partial charge in [-0.15, -0.1) is 0 Å². The molecule has 4 nitrogen and oxygen atoms in total. The third-order valence-corrected chi connectivity index (χ3v) is 2.65. The van der Waals surface area contributed by atoms with Crippen molar-refractivity contribution >= 4 is 20.9 Å². The number of hydrogen-bond donors (Lipinski definition) is 2. The molecule has 0 aromatic carbocycles. The Morgan fingerprint density at radius 2 is 2.30 bits per heavy atom. The number of esters is 1. The average Bonchev–Trinajstić information content (AvgIpc) is 2.00. The molecular weight excluding hydrogens is 201 g/mol. The van der Waals surface area contributed by atoms with E-state index in [9.17, 15) is 4.79 Å².